The molecule has 0 radical (unpaired) electrons. The average molecular weight is 250 g/mol. The van der Waals surface area contributed by atoms with E-state index in [2.05, 4.69) is 34.0 Å². The molecular weight excluding hydrogens is 228 g/mol. The second-order valence-corrected chi connectivity index (χ2v) is 4.56. The first-order valence-corrected chi connectivity index (χ1v) is 6.68. The summed E-state index contributed by atoms with van der Waals surface area (Å²) in [5, 5.41) is 3.17. The minimum Gasteiger partial charge on any atom is -0.377 e. The Bertz CT molecular complexity index is 397. The van der Waals surface area contributed by atoms with Crippen molar-refractivity contribution in [1.29, 1.82) is 0 Å². The van der Waals surface area contributed by atoms with Crippen LogP contribution in [0.1, 0.15) is 25.8 Å². The summed E-state index contributed by atoms with van der Waals surface area (Å²) < 4.78 is 5.54. The number of aromatic nitrogens is 2. The molecule has 0 amide bonds. The van der Waals surface area contributed by atoms with Crippen LogP contribution in [0.25, 0.3) is 0 Å². The van der Waals surface area contributed by atoms with Gasteiger partial charge in [0, 0.05) is 24.8 Å². The van der Waals surface area contributed by atoms with Crippen LogP contribution >= 0.6 is 0 Å². The minimum atomic E-state index is 0.418. The normalized spacial score (nSPS) is 19.9. The van der Waals surface area contributed by atoms with E-state index < -0.39 is 0 Å². The topological polar surface area (TPSA) is 50.3 Å². The molecule has 0 spiro atoms. The monoisotopic (exact) mass is 250 g/mol. The molecule has 1 saturated heterocycles. The zero-order chi connectivity index (χ0) is 13.0. The van der Waals surface area contributed by atoms with Crippen LogP contribution in [0.3, 0.4) is 0 Å². The van der Waals surface area contributed by atoms with Crippen LogP contribution in [-0.2, 0) is 4.74 Å². The molecular formula is C13H22N4O. The third-order valence-electron chi connectivity index (χ3n) is 3.25. The van der Waals surface area contributed by atoms with Crippen molar-refractivity contribution in [2.75, 3.05) is 36.5 Å². The third kappa shape index (κ3) is 2.72. The van der Waals surface area contributed by atoms with Crippen LogP contribution in [0.2, 0.25) is 0 Å². The number of ether oxygens (including phenoxy) is 1. The molecule has 0 aliphatic carbocycles. The molecule has 1 fully saturated rings. The van der Waals surface area contributed by atoms with Gasteiger partial charge in [0.1, 0.15) is 5.82 Å². The molecule has 100 valence electrons. The molecule has 1 N–H and O–H groups in total. The van der Waals surface area contributed by atoms with Crippen LogP contribution < -0.4 is 10.2 Å². The molecule has 1 aromatic rings. The predicted octanol–water partition coefficient (Wildman–Crippen LogP) is 1.83. The molecule has 2 rings (SSSR count). The zero-order valence-corrected chi connectivity index (χ0v) is 11.4. The zero-order valence-electron chi connectivity index (χ0n) is 11.4. The molecule has 1 aromatic heterocycles. The van der Waals surface area contributed by atoms with Crippen LogP contribution in [-0.4, -0.2) is 42.3 Å². The number of hydrogen-bond donors (Lipinski definition) is 1. The van der Waals surface area contributed by atoms with Crippen molar-refractivity contribution in [2.24, 2.45) is 0 Å². The van der Waals surface area contributed by atoms with Gasteiger partial charge in [0.05, 0.1) is 19.3 Å². The van der Waals surface area contributed by atoms with Crippen LogP contribution in [0.5, 0.6) is 0 Å². The van der Waals surface area contributed by atoms with E-state index in [0.29, 0.717) is 12.0 Å². The van der Waals surface area contributed by atoms with Gasteiger partial charge in [-0.2, -0.15) is 4.98 Å². The fourth-order valence-electron chi connectivity index (χ4n) is 2.24. The summed E-state index contributed by atoms with van der Waals surface area (Å²) in [5.41, 5.74) is 1.12. The smallest absolute Gasteiger partial charge is 0.224 e. The third-order valence-corrected chi connectivity index (χ3v) is 3.25. The molecule has 5 nitrogen and oxygen atoms in total. The first-order valence-electron chi connectivity index (χ1n) is 6.68. The first kappa shape index (κ1) is 13.1. The van der Waals surface area contributed by atoms with Gasteiger partial charge in [-0.05, 0) is 20.3 Å². The van der Waals surface area contributed by atoms with Crippen molar-refractivity contribution < 1.29 is 4.74 Å². The Labute approximate surface area is 109 Å². The highest BCUT2D eigenvalue weighted by atomic mass is 16.5. The summed E-state index contributed by atoms with van der Waals surface area (Å²) >= 11 is 0. The molecule has 2 heterocycles. The van der Waals surface area contributed by atoms with Crippen LogP contribution in [0.15, 0.2) is 6.20 Å². The second kappa shape index (κ2) is 6.00. The lowest BCUT2D eigenvalue weighted by molar-refractivity contribution is 0.0925. The summed E-state index contributed by atoms with van der Waals surface area (Å²) in [7, 11) is 0. The van der Waals surface area contributed by atoms with E-state index in [4.69, 9.17) is 4.74 Å². The Kier molecular flexibility index (Phi) is 4.36. The SMILES string of the molecule is CCNc1ncc(C)c(N2CCOCC2CC)n1. The number of rotatable bonds is 4. The number of anilines is 2. The fraction of sp³-hybridized carbons (Fsp3) is 0.692. The fourth-order valence-corrected chi connectivity index (χ4v) is 2.24. The van der Waals surface area contributed by atoms with Crippen molar-refractivity contribution >= 4 is 11.8 Å². The van der Waals surface area contributed by atoms with Gasteiger partial charge in [-0.15, -0.1) is 0 Å². The lowest BCUT2D eigenvalue weighted by Gasteiger charge is -2.36. The molecule has 0 aromatic carbocycles. The first-order chi connectivity index (χ1) is 8.76. The number of aryl methyl sites for hydroxylation is 1. The highest BCUT2D eigenvalue weighted by Gasteiger charge is 2.24. The maximum atomic E-state index is 5.54. The van der Waals surface area contributed by atoms with Gasteiger partial charge in [0.15, 0.2) is 0 Å². The van der Waals surface area contributed by atoms with E-state index >= 15 is 0 Å². The molecule has 18 heavy (non-hydrogen) atoms. The Balaban J connectivity index is 2.26. The van der Waals surface area contributed by atoms with Gasteiger partial charge in [0.25, 0.3) is 0 Å². The van der Waals surface area contributed by atoms with Gasteiger partial charge in [0.2, 0.25) is 5.95 Å². The summed E-state index contributed by atoms with van der Waals surface area (Å²) in [6, 6.07) is 0.418. The van der Waals surface area contributed by atoms with Crippen LogP contribution in [0.4, 0.5) is 11.8 Å². The van der Waals surface area contributed by atoms with E-state index in [-0.39, 0.29) is 0 Å². The standard InChI is InChI=1S/C13H22N4O/c1-4-11-9-18-7-6-17(11)12-10(3)8-15-13(16-12)14-5-2/h8,11H,4-7,9H2,1-3H3,(H,14,15,16). The molecule has 1 unspecified atom stereocenters. The van der Waals surface area contributed by atoms with Crippen molar-refractivity contribution in [2.45, 2.75) is 33.2 Å². The number of hydrogen-bond acceptors (Lipinski definition) is 5. The van der Waals surface area contributed by atoms with Gasteiger partial charge >= 0.3 is 0 Å². The summed E-state index contributed by atoms with van der Waals surface area (Å²) in [6.07, 6.45) is 2.96. The predicted molar refractivity (Wildman–Crippen MR) is 73.2 cm³/mol. The number of nitrogens with one attached hydrogen (secondary N) is 1. The van der Waals surface area contributed by atoms with Gasteiger partial charge in [-0.25, -0.2) is 4.98 Å². The van der Waals surface area contributed by atoms with Crippen molar-refractivity contribution in [1.82, 2.24) is 9.97 Å². The van der Waals surface area contributed by atoms with E-state index in [1.54, 1.807) is 0 Å². The quantitative estimate of drug-likeness (QED) is 0.883. The Morgan fingerprint density at radius 1 is 1.50 bits per heavy atom. The van der Waals surface area contributed by atoms with Gasteiger partial charge in [-0.1, -0.05) is 6.92 Å². The van der Waals surface area contributed by atoms with E-state index in [1.807, 2.05) is 13.1 Å². The maximum absolute atomic E-state index is 5.54. The Hall–Kier alpha value is -1.36. The molecule has 1 aliphatic heterocycles. The number of nitrogens with zero attached hydrogens (tertiary/aromatic N) is 3. The van der Waals surface area contributed by atoms with Crippen molar-refractivity contribution in [3.05, 3.63) is 11.8 Å². The van der Waals surface area contributed by atoms with Crippen molar-refractivity contribution in [3.8, 4) is 0 Å². The second-order valence-electron chi connectivity index (χ2n) is 4.56. The molecule has 5 heteroatoms. The van der Waals surface area contributed by atoms with E-state index in [9.17, 15) is 0 Å². The molecule has 0 saturated carbocycles. The van der Waals surface area contributed by atoms with Gasteiger partial charge < -0.3 is 15.0 Å². The molecule has 0 bridgehead atoms. The molecule has 1 aliphatic rings. The Morgan fingerprint density at radius 3 is 3.06 bits per heavy atom. The largest absolute Gasteiger partial charge is 0.377 e. The van der Waals surface area contributed by atoms with Crippen molar-refractivity contribution in [3.63, 3.8) is 0 Å². The summed E-state index contributed by atoms with van der Waals surface area (Å²) in [6.45, 7) is 9.60. The highest BCUT2D eigenvalue weighted by Crippen LogP contribution is 2.23. The Morgan fingerprint density at radius 2 is 2.33 bits per heavy atom. The average Bonchev–Trinajstić information content (AvgIpc) is 2.41. The maximum Gasteiger partial charge on any atom is 0.224 e. The highest BCUT2D eigenvalue weighted by molar-refractivity contribution is 5.50. The minimum absolute atomic E-state index is 0.418. The lowest BCUT2D eigenvalue weighted by Crippen LogP contribution is -2.46. The van der Waals surface area contributed by atoms with Gasteiger partial charge in [-0.3, -0.25) is 0 Å². The summed E-state index contributed by atoms with van der Waals surface area (Å²) in [4.78, 5) is 11.3. The lowest BCUT2D eigenvalue weighted by atomic mass is 10.1. The summed E-state index contributed by atoms with van der Waals surface area (Å²) in [5.74, 6) is 1.75. The molecule has 1 atom stereocenters. The van der Waals surface area contributed by atoms with Crippen LogP contribution in [0, 0.1) is 6.92 Å². The van der Waals surface area contributed by atoms with E-state index in [0.717, 1.165) is 44.1 Å². The van der Waals surface area contributed by atoms with E-state index in [1.165, 1.54) is 0 Å². The number of morpholine rings is 1.